The zero-order valence-corrected chi connectivity index (χ0v) is 17.1. The third-order valence-corrected chi connectivity index (χ3v) is 5.28. The summed E-state index contributed by atoms with van der Waals surface area (Å²) in [5.41, 5.74) is 3.96. The number of halogens is 1. The maximum Gasteiger partial charge on any atom is 0.266 e. The van der Waals surface area contributed by atoms with Crippen LogP contribution >= 0.6 is 11.8 Å². The summed E-state index contributed by atoms with van der Waals surface area (Å²) in [7, 11) is 0. The van der Waals surface area contributed by atoms with Gasteiger partial charge in [0.1, 0.15) is 5.82 Å². The van der Waals surface area contributed by atoms with Gasteiger partial charge in [0, 0.05) is 0 Å². The second kappa shape index (κ2) is 9.36. The molecule has 0 unspecified atom stereocenters. The summed E-state index contributed by atoms with van der Waals surface area (Å²) in [6, 6.07) is 22.1. The smallest absolute Gasteiger partial charge is 0.266 e. The number of amides is 1. The van der Waals surface area contributed by atoms with Crippen LogP contribution in [0.2, 0.25) is 0 Å². The molecular weight excluding hydrogens is 415 g/mol. The van der Waals surface area contributed by atoms with E-state index in [1.807, 2.05) is 36.4 Å². The molecular formula is C23H17FN4O2S. The van der Waals surface area contributed by atoms with Crippen molar-refractivity contribution in [2.45, 2.75) is 5.16 Å². The number of carbonyl (C=O) groups is 1. The topological polar surface area (TPSA) is 76.3 Å². The molecule has 154 valence electrons. The molecule has 3 aromatic carbocycles. The predicted molar refractivity (Wildman–Crippen MR) is 120 cm³/mol. The van der Waals surface area contributed by atoms with Gasteiger partial charge in [-0.3, -0.25) is 14.2 Å². The predicted octanol–water partition coefficient (Wildman–Crippen LogP) is 3.77. The number of para-hydroxylation sites is 2. The highest BCUT2D eigenvalue weighted by Gasteiger charge is 2.14. The molecule has 0 radical (unpaired) electrons. The lowest BCUT2D eigenvalue weighted by atomic mass is 10.2. The number of hydrazone groups is 1. The van der Waals surface area contributed by atoms with E-state index >= 15 is 0 Å². The summed E-state index contributed by atoms with van der Waals surface area (Å²) >= 11 is 1.13. The Hall–Kier alpha value is -3.78. The summed E-state index contributed by atoms with van der Waals surface area (Å²) < 4.78 is 14.7. The van der Waals surface area contributed by atoms with Crippen LogP contribution < -0.4 is 11.0 Å². The molecule has 0 bridgehead atoms. The van der Waals surface area contributed by atoms with Crippen molar-refractivity contribution in [2.24, 2.45) is 5.10 Å². The van der Waals surface area contributed by atoms with Crippen molar-refractivity contribution in [3.63, 3.8) is 0 Å². The van der Waals surface area contributed by atoms with Crippen molar-refractivity contribution >= 4 is 34.8 Å². The van der Waals surface area contributed by atoms with Gasteiger partial charge in [0.25, 0.3) is 11.5 Å². The van der Waals surface area contributed by atoms with Crippen LogP contribution in [0, 0.1) is 5.82 Å². The molecule has 1 N–H and O–H groups in total. The first-order valence-corrected chi connectivity index (χ1v) is 10.4. The first kappa shape index (κ1) is 20.5. The van der Waals surface area contributed by atoms with Crippen molar-refractivity contribution in [3.05, 3.63) is 101 Å². The number of aromatic nitrogens is 2. The Morgan fingerprint density at radius 2 is 1.84 bits per heavy atom. The van der Waals surface area contributed by atoms with Crippen molar-refractivity contribution < 1.29 is 9.18 Å². The molecule has 1 aromatic heterocycles. The van der Waals surface area contributed by atoms with Crippen LogP contribution in [-0.2, 0) is 4.79 Å². The van der Waals surface area contributed by atoms with Gasteiger partial charge >= 0.3 is 0 Å². The number of nitrogens with zero attached hydrogens (tertiary/aromatic N) is 3. The largest absolute Gasteiger partial charge is 0.272 e. The van der Waals surface area contributed by atoms with Crippen molar-refractivity contribution in [2.75, 3.05) is 5.75 Å². The van der Waals surface area contributed by atoms with Gasteiger partial charge in [0.05, 0.1) is 28.6 Å². The van der Waals surface area contributed by atoms with E-state index in [-0.39, 0.29) is 23.0 Å². The van der Waals surface area contributed by atoms with E-state index in [2.05, 4.69) is 15.5 Å². The molecule has 0 atom stereocenters. The molecule has 31 heavy (non-hydrogen) atoms. The third kappa shape index (κ3) is 4.87. The Balaban J connectivity index is 1.55. The standard InChI is InChI=1S/C23H17FN4O2S/c24-17-8-6-7-16(13-17)14-25-27-21(29)15-31-23-26-20-12-5-4-11-19(20)22(30)28(23)18-9-2-1-3-10-18/h1-14H,15H2,(H,27,29). The fourth-order valence-corrected chi connectivity index (χ4v) is 3.75. The Morgan fingerprint density at radius 1 is 1.06 bits per heavy atom. The Morgan fingerprint density at radius 3 is 2.65 bits per heavy atom. The first-order valence-electron chi connectivity index (χ1n) is 9.39. The number of nitrogens with one attached hydrogen (secondary N) is 1. The van der Waals surface area contributed by atoms with E-state index in [0.29, 0.717) is 27.3 Å². The highest BCUT2D eigenvalue weighted by Crippen LogP contribution is 2.21. The number of fused-ring (bicyclic) bond motifs is 1. The first-order chi connectivity index (χ1) is 15.1. The minimum absolute atomic E-state index is 0.00188. The molecule has 0 saturated carbocycles. The quantitative estimate of drug-likeness (QED) is 0.218. The molecule has 0 fully saturated rings. The molecule has 1 amide bonds. The van der Waals surface area contributed by atoms with Gasteiger partial charge in [-0.1, -0.05) is 54.2 Å². The summed E-state index contributed by atoms with van der Waals surface area (Å²) in [4.78, 5) is 29.9. The van der Waals surface area contributed by atoms with Crippen LogP contribution in [-0.4, -0.2) is 27.4 Å². The lowest BCUT2D eigenvalue weighted by Crippen LogP contribution is -2.24. The van der Waals surface area contributed by atoms with E-state index in [1.54, 1.807) is 30.3 Å². The number of hydrogen-bond acceptors (Lipinski definition) is 5. The fourth-order valence-electron chi connectivity index (χ4n) is 2.94. The van der Waals surface area contributed by atoms with Gasteiger partial charge in [-0.2, -0.15) is 5.10 Å². The average molecular weight is 432 g/mol. The molecule has 0 spiro atoms. The van der Waals surface area contributed by atoms with Crippen molar-refractivity contribution in [3.8, 4) is 5.69 Å². The summed E-state index contributed by atoms with van der Waals surface area (Å²) in [6.07, 6.45) is 1.36. The van der Waals surface area contributed by atoms with Gasteiger partial charge in [0.15, 0.2) is 5.16 Å². The Bertz CT molecular complexity index is 1320. The maximum atomic E-state index is 13.2. The number of carbonyl (C=O) groups excluding carboxylic acids is 1. The lowest BCUT2D eigenvalue weighted by molar-refractivity contribution is -0.118. The Labute approximate surface area is 181 Å². The van der Waals surface area contributed by atoms with Gasteiger partial charge in [0.2, 0.25) is 0 Å². The van der Waals surface area contributed by atoms with Crippen LogP contribution in [0.15, 0.2) is 93.9 Å². The Kier molecular flexibility index (Phi) is 6.18. The lowest BCUT2D eigenvalue weighted by Gasteiger charge is -2.12. The summed E-state index contributed by atoms with van der Waals surface area (Å²) in [5.74, 6) is -0.760. The highest BCUT2D eigenvalue weighted by atomic mass is 32.2. The van der Waals surface area contributed by atoms with Crippen LogP contribution in [0.5, 0.6) is 0 Å². The van der Waals surface area contributed by atoms with E-state index in [9.17, 15) is 14.0 Å². The number of thioether (sulfide) groups is 1. The van der Waals surface area contributed by atoms with Gasteiger partial charge in [-0.15, -0.1) is 0 Å². The fraction of sp³-hybridized carbons (Fsp3) is 0.0435. The van der Waals surface area contributed by atoms with E-state index in [4.69, 9.17) is 0 Å². The SMILES string of the molecule is O=C(CSc1nc2ccccc2c(=O)n1-c1ccccc1)NN=Cc1cccc(F)c1. The molecule has 0 saturated heterocycles. The third-order valence-electron chi connectivity index (χ3n) is 4.34. The van der Waals surface area contributed by atoms with Gasteiger partial charge in [-0.25, -0.2) is 14.8 Å². The summed E-state index contributed by atoms with van der Waals surface area (Å²) in [6.45, 7) is 0. The van der Waals surface area contributed by atoms with Crippen LogP contribution in [0.25, 0.3) is 16.6 Å². The van der Waals surface area contributed by atoms with E-state index in [1.165, 1.54) is 22.9 Å². The monoisotopic (exact) mass is 432 g/mol. The summed E-state index contributed by atoms with van der Waals surface area (Å²) in [5, 5.41) is 4.75. The van der Waals surface area contributed by atoms with E-state index < -0.39 is 0 Å². The minimum Gasteiger partial charge on any atom is -0.272 e. The number of rotatable bonds is 6. The molecule has 4 aromatic rings. The normalized spacial score (nSPS) is 11.1. The van der Waals surface area contributed by atoms with Gasteiger partial charge in [-0.05, 0) is 42.0 Å². The zero-order valence-electron chi connectivity index (χ0n) is 16.2. The van der Waals surface area contributed by atoms with Crippen LogP contribution in [0.4, 0.5) is 4.39 Å². The molecule has 1 heterocycles. The molecule has 6 nitrogen and oxygen atoms in total. The van der Waals surface area contributed by atoms with Gasteiger partial charge < -0.3 is 0 Å². The van der Waals surface area contributed by atoms with Crippen molar-refractivity contribution in [1.82, 2.24) is 15.0 Å². The molecule has 0 aliphatic heterocycles. The molecule has 0 aliphatic carbocycles. The maximum absolute atomic E-state index is 13.2. The minimum atomic E-state index is -0.382. The average Bonchev–Trinajstić information content (AvgIpc) is 2.78. The number of hydrogen-bond donors (Lipinski definition) is 1. The molecule has 8 heteroatoms. The van der Waals surface area contributed by atoms with Crippen LogP contribution in [0.1, 0.15) is 5.56 Å². The number of benzene rings is 3. The zero-order chi connectivity index (χ0) is 21.6. The molecule has 0 aliphatic rings. The second-order valence-corrected chi connectivity index (χ2v) is 7.47. The van der Waals surface area contributed by atoms with Crippen LogP contribution in [0.3, 0.4) is 0 Å². The van der Waals surface area contributed by atoms with E-state index in [0.717, 1.165) is 11.8 Å². The molecule has 4 rings (SSSR count). The second-order valence-electron chi connectivity index (χ2n) is 6.52. The highest BCUT2D eigenvalue weighted by molar-refractivity contribution is 7.99. The van der Waals surface area contributed by atoms with Crippen molar-refractivity contribution in [1.29, 1.82) is 0 Å².